The van der Waals surface area contributed by atoms with Gasteiger partial charge in [0.2, 0.25) is 0 Å². The van der Waals surface area contributed by atoms with Crippen LogP contribution in [0.2, 0.25) is 0 Å². The van der Waals surface area contributed by atoms with E-state index >= 15 is 0 Å². The lowest BCUT2D eigenvalue weighted by Gasteiger charge is -2.30. The van der Waals surface area contributed by atoms with Crippen molar-refractivity contribution in [2.24, 2.45) is 5.73 Å². The Balaban J connectivity index is 1.74. The van der Waals surface area contributed by atoms with E-state index in [-0.39, 0.29) is 11.6 Å². The molecule has 0 spiro atoms. The number of benzene rings is 1. The fourth-order valence-corrected chi connectivity index (χ4v) is 2.28. The first kappa shape index (κ1) is 13.8. The van der Waals surface area contributed by atoms with Gasteiger partial charge in [-0.2, -0.15) is 0 Å². The van der Waals surface area contributed by atoms with E-state index in [1.165, 1.54) is 0 Å². The Morgan fingerprint density at radius 3 is 2.79 bits per heavy atom. The Labute approximate surface area is 113 Å². The third-order valence-corrected chi connectivity index (χ3v) is 3.32. The molecule has 19 heavy (non-hydrogen) atoms. The summed E-state index contributed by atoms with van der Waals surface area (Å²) in [4.78, 5) is 13.0. The number of aromatic carboxylic acids is 1. The summed E-state index contributed by atoms with van der Waals surface area (Å²) < 4.78 is 5.60. The van der Waals surface area contributed by atoms with Crippen LogP contribution in [0.25, 0.3) is 0 Å². The molecule has 1 unspecified atom stereocenters. The Kier molecular flexibility index (Phi) is 4.76. The molecule has 0 aliphatic carbocycles. The van der Waals surface area contributed by atoms with Gasteiger partial charge < -0.3 is 15.6 Å². The highest BCUT2D eigenvalue weighted by molar-refractivity contribution is 5.87. The van der Waals surface area contributed by atoms with Crippen molar-refractivity contribution in [3.63, 3.8) is 0 Å². The number of carbonyl (C=O) groups is 1. The number of hydrogen-bond acceptors (Lipinski definition) is 4. The number of carboxylic acid groups (broad SMARTS) is 1. The highest BCUT2D eigenvalue weighted by Crippen LogP contribution is 2.13. The van der Waals surface area contributed by atoms with Gasteiger partial charge in [-0.05, 0) is 43.7 Å². The van der Waals surface area contributed by atoms with Gasteiger partial charge in [-0.3, -0.25) is 4.90 Å². The summed E-state index contributed by atoms with van der Waals surface area (Å²) in [7, 11) is 0. The van der Waals surface area contributed by atoms with Crippen molar-refractivity contribution in [2.75, 3.05) is 26.2 Å². The third kappa shape index (κ3) is 4.22. The van der Waals surface area contributed by atoms with Gasteiger partial charge in [0, 0.05) is 19.1 Å². The van der Waals surface area contributed by atoms with Crippen LogP contribution in [-0.2, 0) is 0 Å². The van der Waals surface area contributed by atoms with Gasteiger partial charge in [0.25, 0.3) is 0 Å². The lowest BCUT2D eigenvalue weighted by atomic mass is 10.1. The Bertz CT molecular complexity index is 419. The highest BCUT2D eigenvalue weighted by atomic mass is 16.5. The molecular formula is C14H20N2O3. The van der Waals surface area contributed by atoms with Crippen molar-refractivity contribution < 1.29 is 14.6 Å². The molecule has 104 valence electrons. The van der Waals surface area contributed by atoms with Crippen LogP contribution in [0.3, 0.4) is 0 Å². The molecule has 0 bridgehead atoms. The summed E-state index contributed by atoms with van der Waals surface area (Å²) in [6, 6.07) is 6.75. The van der Waals surface area contributed by atoms with Gasteiger partial charge in [0.05, 0.1) is 5.56 Å². The maximum Gasteiger partial charge on any atom is 0.335 e. The summed E-state index contributed by atoms with van der Waals surface area (Å²) in [6.07, 6.45) is 2.25. The predicted octanol–water partition coefficient (Wildman–Crippen LogP) is 1.19. The maximum atomic E-state index is 10.7. The Morgan fingerprint density at radius 1 is 1.42 bits per heavy atom. The third-order valence-electron chi connectivity index (χ3n) is 3.32. The van der Waals surface area contributed by atoms with Crippen molar-refractivity contribution in [3.05, 3.63) is 29.8 Å². The fourth-order valence-electron chi connectivity index (χ4n) is 2.28. The van der Waals surface area contributed by atoms with Gasteiger partial charge >= 0.3 is 5.97 Å². The molecule has 2 rings (SSSR count). The van der Waals surface area contributed by atoms with Crippen molar-refractivity contribution in [1.29, 1.82) is 0 Å². The van der Waals surface area contributed by atoms with E-state index < -0.39 is 5.97 Å². The number of rotatable bonds is 5. The minimum atomic E-state index is -0.922. The molecule has 5 nitrogen and oxygen atoms in total. The molecule has 0 amide bonds. The number of nitrogens with zero attached hydrogens (tertiary/aromatic N) is 1. The fraction of sp³-hybridized carbons (Fsp3) is 0.500. The molecule has 3 N–H and O–H groups in total. The van der Waals surface area contributed by atoms with Crippen LogP contribution in [0.4, 0.5) is 0 Å². The van der Waals surface area contributed by atoms with Crippen LogP contribution in [0.5, 0.6) is 5.75 Å². The first-order chi connectivity index (χ1) is 9.15. The van der Waals surface area contributed by atoms with Crippen molar-refractivity contribution in [1.82, 2.24) is 4.90 Å². The van der Waals surface area contributed by atoms with Crippen LogP contribution in [0.1, 0.15) is 23.2 Å². The minimum absolute atomic E-state index is 0.273. The quantitative estimate of drug-likeness (QED) is 0.835. The minimum Gasteiger partial charge on any atom is -0.492 e. The van der Waals surface area contributed by atoms with Crippen LogP contribution in [0.15, 0.2) is 24.3 Å². The van der Waals surface area contributed by atoms with E-state index in [0.717, 1.165) is 32.5 Å². The summed E-state index contributed by atoms with van der Waals surface area (Å²) in [5.74, 6) is -0.222. The molecule has 5 heteroatoms. The molecule has 0 radical (unpaired) electrons. The van der Waals surface area contributed by atoms with Gasteiger partial charge in [0.15, 0.2) is 0 Å². The van der Waals surface area contributed by atoms with E-state index in [1.54, 1.807) is 24.3 Å². The van der Waals surface area contributed by atoms with Gasteiger partial charge in [-0.1, -0.05) is 0 Å². The summed E-state index contributed by atoms with van der Waals surface area (Å²) in [6.45, 7) is 3.46. The van der Waals surface area contributed by atoms with E-state index in [2.05, 4.69) is 4.90 Å². The Morgan fingerprint density at radius 2 is 2.16 bits per heavy atom. The molecule has 1 aromatic rings. The first-order valence-corrected chi connectivity index (χ1v) is 6.59. The average molecular weight is 264 g/mol. The molecule has 1 aliphatic heterocycles. The zero-order valence-corrected chi connectivity index (χ0v) is 10.9. The second-order valence-corrected chi connectivity index (χ2v) is 4.88. The van der Waals surface area contributed by atoms with Gasteiger partial charge in [-0.15, -0.1) is 0 Å². The molecule has 1 aliphatic rings. The van der Waals surface area contributed by atoms with E-state index in [0.29, 0.717) is 12.4 Å². The van der Waals surface area contributed by atoms with Gasteiger partial charge in [0.1, 0.15) is 12.4 Å². The number of likely N-dealkylation sites (tertiary alicyclic amines) is 1. The largest absolute Gasteiger partial charge is 0.492 e. The van der Waals surface area contributed by atoms with E-state index in [4.69, 9.17) is 15.6 Å². The monoisotopic (exact) mass is 264 g/mol. The molecule has 1 atom stereocenters. The zero-order valence-electron chi connectivity index (χ0n) is 10.9. The second kappa shape index (κ2) is 6.54. The van der Waals surface area contributed by atoms with Crippen molar-refractivity contribution in [2.45, 2.75) is 18.9 Å². The smallest absolute Gasteiger partial charge is 0.335 e. The molecule has 1 saturated heterocycles. The Hall–Kier alpha value is -1.59. The normalized spacial score (nSPS) is 20.2. The predicted molar refractivity (Wildman–Crippen MR) is 72.5 cm³/mol. The SMILES string of the molecule is NC1CCCN(CCOc2ccc(C(=O)O)cc2)C1. The van der Waals surface area contributed by atoms with E-state index in [9.17, 15) is 4.79 Å². The zero-order chi connectivity index (χ0) is 13.7. The van der Waals surface area contributed by atoms with Gasteiger partial charge in [-0.25, -0.2) is 4.79 Å². The standard InChI is InChI=1S/C14H20N2O3/c15-12-2-1-7-16(10-12)8-9-19-13-5-3-11(4-6-13)14(17)18/h3-6,12H,1-2,7-10,15H2,(H,17,18). The average Bonchev–Trinajstić information content (AvgIpc) is 2.39. The number of piperidine rings is 1. The van der Waals surface area contributed by atoms with E-state index in [1.807, 2.05) is 0 Å². The number of ether oxygens (including phenoxy) is 1. The molecule has 0 aromatic heterocycles. The molecular weight excluding hydrogens is 244 g/mol. The molecule has 0 saturated carbocycles. The summed E-state index contributed by atoms with van der Waals surface area (Å²) in [5.41, 5.74) is 6.19. The first-order valence-electron chi connectivity index (χ1n) is 6.59. The van der Waals surface area contributed by atoms with Crippen molar-refractivity contribution >= 4 is 5.97 Å². The van der Waals surface area contributed by atoms with Crippen LogP contribution in [-0.4, -0.2) is 48.3 Å². The van der Waals surface area contributed by atoms with Crippen LogP contribution >= 0.6 is 0 Å². The number of hydrogen-bond donors (Lipinski definition) is 2. The number of nitrogens with two attached hydrogens (primary N) is 1. The number of carboxylic acids is 1. The van der Waals surface area contributed by atoms with Crippen LogP contribution in [0, 0.1) is 0 Å². The maximum absolute atomic E-state index is 10.7. The topological polar surface area (TPSA) is 75.8 Å². The van der Waals surface area contributed by atoms with Crippen molar-refractivity contribution in [3.8, 4) is 5.75 Å². The summed E-state index contributed by atoms with van der Waals surface area (Å²) in [5, 5.41) is 8.79. The van der Waals surface area contributed by atoms with Crippen LogP contribution < -0.4 is 10.5 Å². The molecule has 1 fully saturated rings. The summed E-state index contributed by atoms with van der Waals surface area (Å²) >= 11 is 0. The molecule has 1 heterocycles. The lowest BCUT2D eigenvalue weighted by Crippen LogP contribution is -2.44. The highest BCUT2D eigenvalue weighted by Gasteiger charge is 2.15. The lowest BCUT2D eigenvalue weighted by molar-refractivity contribution is 0.0697. The molecule has 1 aromatic carbocycles. The second-order valence-electron chi connectivity index (χ2n) is 4.88.